The normalized spacial score (nSPS) is 18.0. The van der Waals surface area contributed by atoms with Gasteiger partial charge in [0.25, 0.3) is 5.91 Å². The van der Waals surface area contributed by atoms with Crippen molar-refractivity contribution in [1.29, 1.82) is 0 Å². The number of anilines is 1. The van der Waals surface area contributed by atoms with E-state index in [0.29, 0.717) is 48.4 Å². The number of carbonyl (C=O) groups excluding carboxylic acids is 2. The van der Waals surface area contributed by atoms with E-state index in [1.54, 1.807) is 17.0 Å². The summed E-state index contributed by atoms with van der Waals surface area (Å²) in [5.74, 6) is -1.12. The van der Waals surface area contributed by atoms with Crippen LogP contribution < -0.4 is 10.1 Å². The summed E-state index contributed by atoms with van der Waals surface area (Å²) in [7, 11) is 0. The highest BCUT2D eigenvalue weighted by Gasteiger charge is 2.27. The van der Waals surface area contributed by atoms with Crippen LogP contribution in [0.3, 0.4) is 0 Å². The van der Waals surface area contributed by atoms with Crippen molar-refractivity contribution < 1.29 is 24.2 Å². The molecule has 1 aromatic carbocycles. The number of nitrogens with zero attached hydrogens (tertiary/aromatic N) is 7. The Balaban J connectivity index is 1.06. The summed E-state index contributed by atoms with van der Waals surface area (Å²) < 4.78 is 6.68. The molecule has 0 spiro atoms. The molecule has 0 saturated carbocycles. The Bertz CT molecular complexity index is 1380. The summed E-state index contributed by atoms with van der Waals surface area (Å²) in [4.78, 5) is 44.6. The number of rotatable bonds is 9. The van der Waals surface area contributed by atoms with Gasteiger partial charge in [-0.3, -0.25) is 14.5 Å². The van der Waals surface area contributed by atoms with Crippen LogP contribution in [0.2, 0.25) is 0 Å². The molecule has 0 aliphatic carbocycles. The van der Waals surface area contributed by atoms with Gasteiger partial charge >= 0.3 is 12.1 Å². The highest BCUT2D eigenvalue weighted by Crippen LogP contribution is 2.29. The van der Waals surface area contributed by atoms with Crippen molar-refractivity contribution in [1.82, 2.24) is 35.0 Å². The number of thioether (sulfide) groups is 1. The van der Waals surface area contributed by atoms with Gasteiger partial charge in [0, 0.05) is 42.6 Å². The number of carboxylic acids is 1. The number of hydrogen-bond acceptors (Lipinski definition) is 10. The van der Waals surface area contributed by atoms with E-state index in [4.69, 9.17) is 9.84 Å². The zero-order valence-corrected chi connectivity index (χ0v) is 24.2. The van der Waals surface area contributed by atoms with Crippen molar-refractivity contribution >= 4 is 35.4 Å². The summed E-state index contributed by atoms with van der Waals surface area (Å²) >= 11 is 1.41. The minimum atomic E-state index is -1.02. The molecule has 0 radical (unpaired) electrons. The minimum Gasteiger partial charge on any atom is -0.480 e. The second-order valence-corrected chi connectivity index (χ2v) is 11.8. The third-order valence-corrected chi connectivity index (χ3v) is 8.79. The number of carbonyl (C=O) groups is 3. The zero-order chi connectivity index (χ0) is 29.5. The van der Waals surface area contributed by atoms with Crippen LogP contribution >= 0.6 is 11.8 Å². The fourth-order valence-corrected chi connectivity index (χ4v) is 6.12. The number of aromatic nitrogens is 5. The Labute approximate surface area is 247 Å². The first-order chi connectivity index (χ1) is 20.3. The molecule has 2 saturated heterocycles. The van der Waals surface area contributed by atoms with Gasteiger partial charge in [-0.25, -0.2) is 14.5 Å². The van der Waals surface area contributed by atoms with Gasteiger partial charge in [0.1, 0.15) is 6.54 Å². The van der Waals surface area contributed by atoms with Crippen molar-refractivity contribution in [2.75, 3.05) is 25.0 Å². The molecule has 222 valence electrons. The molecule has 2 aliphatic heterocycles. The van der Waals surface area contributed by atoms with E-state index in [9.17, 15) is 14.4 Å². The highest BCUT2D eigenvalue weighted by molar-refractivity contribution is 7.99. The van der Waals surface area contributed by atoms with Crippen molar-refractivity contribution in [2.24, 2.45) is 0 Å². The first-order valence-electron chi connectivity index (χ1n) is 14.1. The topological polar surface area (TPSA) is 156 Å². The molecule has 2 N–H and O–H groups in total. The van der Waals surface area contributed by atoms with Crippen LogP contribution in [0.1, 0.15) is 54.9 Å². The quantitative estimate of drug-likeness (QED) is 0.374. The van der Waals surface area contributed by atoms with Crippen molar-refractivity contribution in [2.45, 2.75) is 68.6 Å². The number of piperidine rings is 2. The maximum Gasteiger partial charge on any atom is 0.416 e. The predicted octanol–water partition coefficient (Wildman–Crippen LogP) is 3.53. The van der Waals surface area contributed by atoms with Crippen LogP contribution in [0.5, 0.6) is 5.88 Å². The van der Waals surface area contributed by atoms with Gasteiger partial charge in [-0.2, -0.15) is 0 Å². The van der Waals surface area contributed by atoms with Crippen LogP contribution in [0.25, 0.3) is 0 Å². The molecule has 5 rings (SSSR count). The van der Waals surface area contributed by atoms with E-state index in [-0.39, 0.29) is 23.6 Å². The third-order valence-electron chi connectivity index (χ3n) is 7.48. The van der Waals surface area contributed by atoms with Crippen LogP contribution in [-0.2, 0) is 17.9 Å². The maximum absolute atomic E-state index is 12.7. The summed E-state index contributed by atoms with van der Waals surface area (Å²) in [6.07, 6.45) is 6.06. The first-order valence-corrected chi connectivity index (χ1v) is 14.9. The van der Waals surface area contributed by atoms with Gasteiger partial charge in [-0.1, -0.05) is 30.3 Å². The lowest BCUT2D eigenvalue weighted by Crippen LogP contribution is -2.41. The molecule has 0 bridgehead atoms. The molecule has 4 heterocycles. The molecule has 1 atom stereocenters. The average Bonchev–Trinajstić information content (AvgIpc) is 3.41. The van der Waals surface area contributed by atoms with Gasteiger partial charge in [0.2, 0.25) is 11.0 Å². The number of tetrazole rings is 1. The van der Waals surface area contributed by atoms with Gasteiger partial charge < -0.3 is 20.1 Å². The fourth-order valence-electron chi connectivity index (χ4n) is 5.07. The number of hydrogen-bond donors (Lipinski definition) is 2. The second-order valence-electron chi connectivity index (χ2n) is 10.5. The van der Waals surface area contributed by atoms with Gasteiger partial charge in [-0.15, -0.1) is 5.10 Å². The molecule has 13 nitrogen and oxygen atoms in total. The summed E-state index contributed by atoms with van der Waals surface area (Å²) in [6.45, 7) is 4.91. The predicted molar refractivity (Wildman–Crippen MR) is 154 cm³/mol. The number of benzene rings is 1. The van der Waals surface area contributed by atoms with Crippen LogP contribution in [0.4, 0.5) is 10.5 Å². The lowest BCUT2D eigenvalue weighted by Gasteiger charge is -2.33. The number of carboxylic acid groups (broad SMARTS) is 1. The van der Waals surface area contributed by atoms with E-state index in [1.165, 1.54) is 47.5 Å². The van der Waals surface area contributed by atoms with Crippen LogP contribution in [0, 0.1) is 0 Å². The second kappa shape index (κ2) is 13.7. The van der Waals surface area contributed by atoms with E-state index in [0.717, 1.165) is 13.1 Å². The molecule has 2 aliphatic rings. The standard InChI is InChI=1S/C28H34N8O5S/c1-19-4-2-3-13-35(19)17-20-5-7-21(8-6-20)26(39)30-22-9-10-24(29-16-22)41-28(40)34-14-11-23(12-15-34)42-27-31-32-33-36(27)18-25(37)38/h5-10,16,19,23H,2-4,11-15,17-18H2,1H3,(H,30,39)(H,37,38). The molecule has 2 fully saturated rings. The largest absolute Gasteiger partial charge is 0.480 e. The molecule has 1 unspecified atom stereocenters. The van der Waals surface area contributed by atoms with Crippen molar-refractivity contribution in [3.8, 4) is 5.88 Å². The summed E-state index contributed by atoms with van der Waals surface area (Å²) in [5.41, 5.74) is 2.24. The van der Waals surface area contributed by atoms with Gasteiger partial charge in [0.15, 0.2) is 0 Å². The molecular weight excluding hydrogens is 560 g/mol. The lowest BCUT2D eigenvalue weighted by atomic mass is 10.0. The molecule has 42 heavy (non-hydrogen) atoms. The van der Waals surface area contributed by atoms with Crippen LogP contribution in [-0.4, -0.2) is 89.0 Å². The van der Waals surface area contributed by atoms with E-state index in [1.807, 2.05) is 24.3 Å². The average molecular weight is 595 g/mol. The number of pyridine rings is 1. The number of ether oxygens (including phenoxy) is 1. The number of aliphatic carboxylic acids is 1. The van der Waals surface area contributed by atoms with Crippen LogP contribution in [0.15, 0.2) is 47.8 Å². The molecule has 2 aromatic heterocycles. The Morgan fingerprint density at radius 2 is 1.83 bits per heavy atom. The number of nitrogens with one attached hydrogen (secondary N) is 1. The van der Waals surface area contributed by atoms with Gasteiger partial charge in [0.05, 0.1) is 11.9 Å². The van der Waals surface area contributed by atoms with Crippen molar-refractivity contribution in [3.05, 3.63) is 53.7 Å². The van der Waals surface area contributed by atoms with E-state index in [2.05, 4.69) is 37.6 Å². The molecule has 14 heteroatoms. The monoisotopic (exact) mass is 594 g/mol. The SMILES string of the molecule is CC1CCCCN1Cc1ccc(C(=O)Nc2ccc(OC(=O)N3CCC(Sc4nnnn4CC(=O)O)CC3)nc2)cc1. The number of likely N-dealkylation sites (tertiary alicyclic amines) is 2. The summed E-state index contributed by atoms with van der Waals surface area (Å²) in [6, 6.07) is 11.4. The fraction of sp³-hybridized carbons (Fsp3) is 0.464. The molecule has 3 aromatic rings. The highest BCUT2D eigenvalue weighted by atomic mass is 32.2. The Morgan fingerprint density at radius 3 is 2.52 bits per heavy atom. The van der Waals surface area contributed by atoms with E-state index >= 15 is 0 Å². The molecular formula is C28H34N8O5S. The lowest BCUT2D eigenvalue weighted by molar-refractivity contribution is -0.138. The summed E-state index contributed by atoms with van der Waals surface area (Å²) in [5, 5.41) is 23.6. The third kappa shape index (κ3) is 7.82. The Hall–Kier alpha value is -4.04. The minimum absolute atomic E-state index is 0.138. The smallest absolute Gasteiger partial charge is 0.416 e. The first kappa shape index (κ1) is 29.5. The molecule has 2 amide bonds. The maximum atomic E-state index is 12.7. The Morgan fingerprint density at radius 1 is 1.05 bits per heavy atom. The van der Waals surface area contributed by atoms with Gasteiger partial charge in [-0.05, 0) is 73.3 Å². The zero-order valence-electron chi connectivity index (χ0n) is 23.4. The van der Waals surface area contributed by atoms with Crippen molar-refractivity contribution in [3.63, 3.8) is 0 Å². The number of amides is 2. The Kier molecular flexibility index (Phi) is 9.64. The van der Waals surface area contributed by atoms with E-state index < -0.39 is 12.1 Å².